The minimum absolute atomic E-state index is 0.0188. The van der Waals surface area contributed by atoms with Gasteiger partial charge < -0.3 is 10.1 Å². The molecular weight excluding hydrogens is 431 g/mol. The fourth-order valence-corrected chi connectivity index (χ4v) is 5.40. The van der Waals surface area contributed by atoms with Crippen LogP contribution in [0.1, 0.15) is 31.4 Å². The Bertz CT molecular complexity index is 1010. The smallest absolute Gasteiger partial charge is 0.246 e. The second-order valence-corrected chi connectivity index (χ2v) is 9.60. The predicted molar refractivity (Wildman–Crippen MR) is 112 cm³/mol. The Kier molecular flexibility index (Phi) is 7.00. The van der Waals surface area contributed by atoms with Gasteiger partial charge in [0.05, 0.1) is 13.2 Å². The van der Waals surface area contributed by atoms with Crippen LogP contribution in [0, 0.1) is 11.7 Å². The van der Waals surface area contributed by atoms with Gasteiger partial charge in [-0.1, -0.05) is 23.7 Å². The second-order valence-electron chi connectivity index (χ2n) is 7.26. The Balaban J connectivity index is 1.63. The minimum atomic E-state index is -3.79. The minimum Gasteiger partial charge on any atom is -0.495 e. The summed E-state index contributed by atoms with van der Waals surface area (Å²) in [5, 5.41) is 3.23. The zero-order chi connectivity index (χ0) is 21.9. The van der Waals surface area contributed by atoms with E-state index in [2.05, 4.69) is 5.32 Å². The van der Waals surface area contributed by atoms with Gasteiger partial charge in [-0.2, -0.15) is 4.31 Å². The Morgan fingerprint density at radius 3 is 2.43 bits per heavy atom. The van der Waals surface area contributed by atoms with Gasteiger partial charge in [0.25, 0.3) is 0 Å². The molecule has 1 aliphatic heterocycles. The molecule has 1 aliphatic rings. The molecule has 30 heavy (non-hydrogen) atoms. The largest absolute Gasteiger partial charge is 0.495 e. The van der Waals surface area contributed by atoms with Crippen LogP contribution in [0.3, 0.4) is 0 Å². The quantitative estimate of drug-likeness (QED) is 0.721. The lowest BCUT2D eigenvalue weighted by Crippen LogP contribution is -2.43. The van der Waals surface area contributed by atoms with Crippen molar-refractivity contribution >= 4 is 27.5 Å². The lowest BCUT2D eigenvalue weighted by molar-refractivity contribution is -0.126. The van der Waals surface area contributed by atoms with Crippen molar-refractivity contribution < 1.29 is 22.3 Å². The first-order valence-corrected chi connectivity index (χ1v) is 11.4. The number of halogens is 2. The van der Waals surface area contributed by atoms with E-state index in [1.165, 1.54) is 35.7 Å². The highest BCUT2D eigenvalue weighted by atomic mass is 35.5. The predicted octanol–water partition coefficient (Wildman–Crippen LogP) is 3.77. The summed E-state index contributed by atoms with van der Waals surface area (Å²) < 4.78 is 45.7. The molecule has 1 amide bonds. The number of nitrogens with one attached hydrogen (secondary N) is 1. The van der Waals surface area contributed by atoms with E-state index in [1.54, 1.807) is 18.2 Å². The molecule has 0 bridgehead atoms. The SMILES string of the molecule is COc1ccc(Cl)cc1S(=O)(=O)N1CCC(C(=O)N[C@H](C)c2ccc(F)cc2)CC1. The molecule has 1 N–H and O–H groups in total. The van der Waals surface area contributed by atoms with Gasteiger partial charge in [0, 0.05) is 24.0 Å². The van der Waals surface area contributed by atoms with Gasteiger partial charge >= 0.3 is 0 Å². The number of carbonyl (C=O) groups is 1. The van der Waals surface area contributed by atoms with Gasteiger partial charge in [0.15, 0.2) is 0 Å². The Morgan fingerprint density at radius 2 is 1.83 bits per heavy atom. The summed E-state index contributed by atoms with van der Waals surface area (Å²) in [4.78, 5) is 12.6. The lowest BCUT2D eigenvalue weighted by atomic mass is 9.96. The summed E-state index contributed by atoms with van der Waals surface area (Å²) in [6.07, 6.45) is 0.814. The highest BCUT2D eigenvalue weighted by Gasteiger charge is 2.34. The van der Waals surface area contributed by atoms with Crippen molar-refractivity contribution in [3.05, 3.63) is 58.9 Å². The second kappa shape index (κ2) is 9.32. The molecule has 0 aromatic heterocycles. The van der Waals surface area contributed by atoms with Crippen LogP contribution in [-0.4, -0.2) is 38.8 Å². The van der Waals surface area contributed by atoms with Crippen molar-refractivity contribution in [1.29, 1.82) is 0 Å². The fourth-order valence-electron chi connectivity index (χ4n) is 3.52. The van der Waals surface area contributed by atoms with Crippen molar-refractivity contribution in [2.45, 2.75) is 30.7 Å². The number of amides is 1. The van der Waals surface area contributed by atoms with E-state index in [1.807, 2.05) is 6.92 Å². The number of piperidine rings is 1. The maximum absolute atomic E-state index is 13.1. The molecule has 1 fully saturated rings. The van der Waals surface area contributed by atoms with Crippen LogP contribution in [0.5, 0.6) is 5.75 Å². The first kappa shape index (κ1) is 22.5. The van der Waals surface area contributed by atoms with Gasteiger partial charge in [0.2, 0.25) is 15.9 Å². The number of hydrogen-bond donors (Lipinski definition) is 1. The van der Waals surface area contributed by atoms with E-state index in [0.29, 0.717) is 17.9 Å². The van der Waals surface area contributed by atoms with Crippen molar-refractivity contribution in [3.63, 3.8) is 0 Å². The number of ether oxygens (including phenoxy) is 1. The Morgan fingerprint density at radius 1 is 1.20 bits per heavy atom. The van der Waals surface area contributed by atoms with Crippen molar-refractivity contribution in [1.82, 2.24) is 9.62 Å². The fraction of sp³-hybridized carbons (Fsp3) is 0.381. The van der Waals surface area contributed by atoms with Gasteiger partial charge in [-0.05, 0) is 55.7 Å². The third kappa shape index (κ3) is 4.94. The van der Waals surface area contributed by atoms with Crippen LogP contribution < -0.4 is 10.1 Å². The summed E-state index contributed by atoms with van der Waals surface area (Å²) in [7, 11) is -2.39. The van der Waals surface area contributed by atoms with E-state index in [4.69, 9.17) is 16.3 Å². The number of rotatable bonds is 6. The van der Waals surface area contributed by atoms with Gasteiger partial charge in [-0.15, -0.1) is 0 Å². The molecule has 1 saturated heterocycles. The van der Waals surface area contributed by atoms with Gasteiger partial charge in [0.1, 0.15) is 16.5 Å². The highest BCUT2D eigenvalue weighted by molar-refractivity contribution is 7.89. The average Bonchev–Trinajstić information content (AvgIpc) is 2.74. The highest BCUT2D eigenvalue weighted by Crippen LogP contribution is 2.32. The molecule has 0 aliphatic carbocycles. The summed E-state index contributed by atoms with van der Waals surface area (Å²) in [6, 6.07) is 10.2. The number of hydrogen-bond acceptors (Lipinski definition) is 4. The van der Waals surface area contributed by atoms with E-state index in [9.17, 15) is 17.6 Å². The third-order valence-corrected chi connectivity index (χ3v) is 7.45. The molecule has 0 unspecified atom stereocenters. The molecule has 2 aromatic carbocycles. The number of methoxy groups -OCH3 is 1. The molecular formula is C21H24ClFN2O4S. The lowest BCUT2D eigenvalue weighted by Gasteiger charge is -2.31. The summed E-state index contributed by atoms with van der Waals surface area (Å²) in [6.45, 7) is 2.28. The maximum atomic E-state index is 13.1. The summed E-state index contributed by atoms with van der Waals surface area (Å²) in [5.41, 5.74) is 0.804. The van der Waals surface area contributed by atoms with Crippen molar-refractivity contribution in [2.24, 2.45) is 5.92 Å². The van der Waals surface area contributed by atoms with Crippen molar-refractivity contribution in [2.75, 3.05) is 20.2 Å². The zero-order valence-corrected chi connectivity index (χ0v) is 18.3. The van der Waals surface area contributed by atoms with Crippen molar-refractivity contribution in [3.8, 4) is 5.75 Å². The van der Waals surface area contributed by atoms with Crippen LogP contribution in [0.2, 0.25) is 5.02 Å². The average molecular weight is 455 g/mol. The van der Waals surface area contributed by atoms with E-state index < -0.39 is 10.0 Å². The number of carbonyl (C=O) groups excluding carboxylic acids is 1. The van der Waals surface area contributed by atoms with Crippen LogP contribution in [0.25, 0.3) is 0 Å². The zero-order valence-electron chi connectivity index (χ0n) is 16.8. The van der Waals surface area contributed by atoms with Crippen LogP contribution in [0.4, 0.5) is 4.39 Å². The van der Waals surface area contributed by atoms with Gasteiger partial charge in [-0.3, -0.25) is 4.79 Å². The third-order valence-electron chi connectivity index (χ3n) is 5.30. The first-order valence-electron chi connectivity index (χ1n) is 9.62. The van der Waals surface area contributed by atoms with E-state index in [0.717, 1.165) is 5.56 Å². The molecule has 1 heterocycles. The molecule has 9 heteroatoms. The van der Waals surface area contributed by atoms with Crippen LogP contribution >= 0.6 is 11.6 Å². The normalized spacial score (nSPS) is 16.8. The standard InChI is InChI=1S/C21H24ClFN2O4S/c1-14(15-3-6-18(23)7-4-15)24-21(26)16-9-11-25(12-10-16)30(27,28)20-13-17(22)5-8-19(20)29-2/h3-8,13-14,16H,9-12H2,1-2H3,(H,24,26)/t14-/m1/s1. The summed E-state index contributed by atoms with van der Waals surface area (Å²) >= 11 is 5.98. The summed E-state index contributed by atoms with van der Waals surface area (Å²) in [5.74, 6) is -0.528. The maximum Gasteiger partial charge on any atom is 0.246 e. The number of nitrogens with zero attached hydrogens (tertiary/aromatic N) is 1. The molecule has 0 spiro atoms. The molecule has 162 valence electrons. The molecule has 3 rings (SSSR count). The number of benzene rings is 2. The monoisotopic (exact) mass is 454 g/mol. The molecule has 0 radical (unpaired) electrons. The molecule has 1 atom stereocenters. The van der Waals surface area contributed by atoms with E-state index in [-0.39, 0.29) is 47.4 Å². The van der Waals surface area contributed by atoms with Crippen LogP contribution in [-0.2, 0) is 14.8 Å². The Hall–Kier alpha value is -2.16. The molecule has 0 saturated carbocycles. The topological polar surface area (TPSA) is 75.7 Å². The van der Waals surface area contributed by atoms with Crippen LogP contribution in [0.15, 0.2) is 47.4 Å². The van der Waals surface area contributed by atoms with E-state index >= 15 is 0 Å². The molecule has 6 nitrogen and oxygen atoms in total. The van der Waals surface area contributed by atoms with Gasteiger partial charge in [-0.25, -0.2) is 12.8 Å². The number of sulfonamides is 1. The Labute approximate surface area is 181 Å². The molecule has 2 aromatic rings. The first-order chi connectivity index (χ1) is 14.2.